The molecular weight excluding hydrogens is 343 g/mol. The van der Waals surface area contributed by atoms with E-state index in [4.69, 9.17) is 28.3 Å². The van der Waals surface area contributed by atoms with Crippen LogP contribution in [-0.4, -0.2) is 43.9 Å². The molecule has 1 aromatic carbocycles. The van der Waals surface area contributed by atoms with Gasteiger partial charge in [0.05, 0.1) is 12.2 Å². The van der Waals surface area contributed by atoms with Gasteiger partial charge in [0.2, 0.25) is 5.91 Å². The summed E-state index contributed by atoms with van der Waals surface area (Å²) in [6.45, 7) is 1.71. The second-order valence-corrected chi connectivity index (χ2v) is 5.80. The van der Waals surface area contributed by atoms with Crippen molar-refractivity contribution < 1.29 is 14.7 Å². The molecule has 1 atom stereocenters. The Balaban J connectivity index is 2.10. The number of carboxylic acids is 1. The summed E-state index contributed by atoms with van der Waals surface area (Å²) in [5.74, 6) is -1.45. The van der Waals surface area contributed by atoms with Gasteiger partial charge in [-0.3, -0.25) is 4.79 Å². The van der Waals surface area contributed by atoms with Gasteiger partial charge in [-0.2, -0.15) is 0 Å². The summed E-state index contributed by atoms with van der Waals surface area (Å²) in [6, 6.07) is 4.80. The van der Waals surface area contributed by atoms with Gasteiger partial charge in [-0.1, -0.05) is 34.5 Å². The SMILES string of the molecule is CC(c1ccc(Cl)cc1Cl)N(C)C(=O)Cn1cc(C(=O)O)nn1. The number of rotatable bonds is 5. The van der Waals surface area contributed by atoms with Gasteiger partial charge in [-0.15, -0.1) is 5.10 Å². The third-order valence-corrected chi connectivity index (χ3v) is 4.00. The summed E-state index contributed by atoms with van der Waals surface area (Å²) in [5.41, 5.74) is 0.547. The van der Waals surface area contributed by atoms with Gasteiger partial charge in [0.15, 0.2) is 5.69 Å². The lowest BCUT2D eigenvalue weighted by Crippen LogP contribution is -2.32. The van der Waals surface area contributed by atoms with Gasteiger partial charge in [-0.25, -0.2) is 9.48 Å². The zero-order chi connectivity index (χ0) is 17.1. The summed E-state index contributed by atoms with van der Waals surface area (Å²) in [5, 5.41) is 16.9. The number of carbonyl (C=O) groups excluding carboxylic acids is 1. The fourth-order valence-corrected chi connectivity index (χ4v) is 2.56. The van der Waals surface area contributed by atoms with E-state index in [2.05, 4.69) is 10.3 Å². The quantitative estimate of drug-likeness (QED) is 0.888. The number of carbonyl (C=O) groups is 2. The normalized spacial score (nSPS) is 12.0. The lowest BCUT2D eigenvalue weighted by Gasteiger charge is -2.26. The van der Waals surface area contributed by atoms with Gasteiger partial charge < -0.3 is 10.0 Å². The molecule has 0 bridgehead atoms. The van der Waals surface area contributed by atoms with Crippen molar-refractivity contribution in [3.8, 4) is 0 Å². The Labute approximate surface area is 142 Å². The van der Waals surface area contributed by atoms with Gasteiger partial charge in [0, 0.05) is 17.1 Å². The maximum Gasteiger partial charge on any atom is 0.358 e. The van der Waals surface area contributed by atoms with Crippen LogP contribution >= 0.6 is 23.2 Å². The van der Waals surface area contributed by atoms with Crippen LogP contribution in [0.15, 0.2) is 24.4 Å². The Morgan fingerprint density at radius 3 is 2.65 bits per heavy atom. The highest BCUT2D eigenvalue weighted by Gasteiger charge is 2.21. The predicted octanol–water partition coefficient (Wildman–Crippen LogP) is 2.50. The number of halogens is 2. The van der Waals surface area contributed by atoms with E-state index < -0.39 is 5.97 Å². The highest BCUT2D eigenvalue weighted by Crippen LogP contribution is 2.29. The molecular formula is C14H14Cl2N4O3. The van der Waals surface area contributed by atoms with Gasteiger partial charge in [0.25, 0.3) is 0 Å². The number of hydrogen-bond donors (Lipinski definition) is 1. The molecule has 0 aliphatic heterocycles. The van der Waals surface area contributed by atoms with Crippen LogP contribution < -0.4 is 0 Å². The second-order valence-electron chi connectivity index (χ2n) is 4.95. The first-order valence-electron chi connectivity index (χ1n) is 6.63. The Morgan fingerprint density at radius 2 is 2.09 bits per heavy atom. The molecule has 0 spiro atoms. The molecule has 1 amide bonds. The van der Waals surface area contributed by atoms with Crippen molar-refractivity contribution in [1.82, 2.24) is 19.9 Å². The highest BCUT2D eigenvalue weighted by molar-refractivity contribution is 6.35. The minimum Gasteiger partial charge on any atom is -0.476 e. The van der Waals surface area contributed by atoms with Crippen LogP contribution in [-0.2, 0) is 11.3 Å². The summed E-state index contributed by atoms with van der Waals surface area (Å²) in [6.07, 6.45) is 1.20. The molecule has 0 saturated heterocycles. The van der Waals surface area contributed by atoms with Crippen LogP contribution in [0.25, 0.3) is 0 Å². The average Bonchev–Trinajstić information content (AvgIpc) is 2.94. The van der Waals surface area contributed by atoms with Crippen molar-refractivity contribution >= 4 is 35.1 Å². The summed E-state index contributed by atoms with van der Waals surface area (Å²) in [4.78, 5) is 24.6. The number of amides is 1. The predicted molar refractivity (Wildman–Crippen MR) is 84.6 cm³/mol. The van der Waals surface area contributed by atoms with E-state index in [-0.39, 0.29) is 24.2 Å². The van der Waals surface area contributed by atoms with Gasteiger partial charge in [0.1, 0.15) is 6.54 Å². The van der Waals surface area contributed by atoms with Crippen molar-refractivity contribution in [2.45, 2.75) is 19.5 Å². The van der Waals surface area contributed by atoms with E-state index >= 15 is 0 Å². The minimum absolute atomic E-state index is 0.119. The number of aromatic nitrogens is 3. The Hall–Kier alpha value is -2.12. The topological polar surface area (TPSA) is 88.3 Å². The van der Waals surface area contributed by atoms with Crippen molar-refractivity contribution in [3.63, 3.8) is 0 Å². The molecule has 0 fully saturated rings. The molecule has 2 rings (SSSR count). The molecule has 7 nitrogen and oxygen atoms in total. The van der Waals surface area contributed by atoms with E-state index in [1.807, 2.05) is 6.92 Å². The van der Waals surface area contributed by atoms with E-state index in [1.165, 1.54) is 15.8 Å². The second kappa shape index (κ2) is 6.97. The van der Waals surface area contributed by atoms with Crippen LogP contribution in [0, 0.1) is 0 Å². The van der Waals surface area contributed by atoms with Crippen LogP contribution in [0.4, 0.5) is 0 Å². The van der Waals surface area contributed by atoms with Crippen LogP contribution in [0.1, 0.15) is 29.0 Å². The summed E-state index contributed by atoms with van der Waals surface area (Å²) in [7, 11) is 1.63. The molecule has 1 N–H and O–H groups in total. The van der Waals surface area contributed by atoms with Crippen molar-refractivity contribution in [2.24, 2.45) is 0 Å². The number of nitrogens with zero attached hydrogens (tertiary/aromatic N) is 4. The number of carboxylic acid groups (broad SMARTS) is 1. The molecule has 2 aromatic rings. The smallest absolute Gasteiger partial charge is 0.358 e. The summed E-state index contributed by atoms with van der Waals surface area (Å²) >= 11 is 12.0. The molecule has 122 valence electrons. The first-order chi connectivity index (χ1) is 10.8. The third-order valence-electron chi connectivity index (χ3n) is 3.44. The Kier molecular flexibility index (Phi) is 5.23. The lowest BCUT2D eigenvalue weighted by molar-refractivity contribution is -0.132. The maximum atomic E-state index is 12.3. The first-order valence-corrected chi connectivity index (χ1v) is 7.39. The standard InChI is InChI=1S/C14H14Cl2N4O3/c1-8(10-4-3-9(15)5-11(10)16)19(2)13(21)7-20-6-12(14(22)23)17-18-20/h3-6,8H,7H2,1-2H3,(H,22,23). The zero-order valence-electron chi connectivity index (χ0n) is 12.4. The highest BCUT2D eigenvalue weighted by atomic mass is 35.5. The maximum absolute atomic E-state index is 12.3. The average molecular weight is 357 g/mol. The van der Waals surface area contributed by atoms with Gasteiger partial charge >= 0.3 is 5.97 Å². The number of likely N-dealkylation sites (N-methyl/N-ethyl adjacent to an activating group) is 1. The van der Waals surface area contributed by atoms with Crippen LogP contribution in [0.5, 0.6) is 0 Å². The van der Waals surface area contributed by atoms with E-state index in [1.54, 1.807) is 25.2 Å². The lowest BCUT2D eigenvalue weighted by atomic mass is 10.1. The number of hydrogen-bond acceptors (Lipinski definition) is 4. The molecule has 0 radical (unpaired) electrons. The van der Waals surface area contributed by atoms with Crippen LogP contribution in [0.3, 0.4) is 0 Å². The molecule has 0 saturated carbocycles. The largest absolute Gasteiger partial charge is 0.476 e. The van der Waals surface area contributed by atoms with E-state index in [0.717, 1.165) is 5.56 Å². The van der Waals surface area contributed by atoms with Gasteiger partial charge in [-0.05, 0) is 24.6 Å². The summed E-state index contributed by atoms with van der Waals surface area (Å²) < 4.78 is 1.18. The third kappa shape index (κ3) is 4.00. The molecule has 0 aliphatic carbocycles. The molecule has 1 aromatic heterocycles. The van der Waals surface area contributed by atoms with Crippen molar-refractivity contribution in [1.29, 1.82) is 0 Å². The number of aromatic carboxylic acids is 1. The Bertz CT molecular complexity index is 747. The molecule has 1 heterocycles. The zero-order valence-corrected chi connectivity index (χ0v) is 13.9. The minimum atomic E-state index is -1.20. The van der Waals surface area contributed by atoms with Crippen LogP contribution in [0.2, 0.25) is 10.0 Å². The fraction of sp³-hybridized carbons (Fsp3) is 0.286. The monoisotopic (exact) mass is 356 g/mol. The Morgan fingerprint density at radius 1 is 1.39 bits per heavy atom. The molecule has 9 heteroatoms. The van der Waals surface area contributed by atoms with Crippen molar-refractivity contribution in [3.05, 3.63) is 45.7 Å². The molecule has 0 aliphatic rings. The van der Waals surface area contributed by atoms with E-state index in [9.17, 15) is 9.59 Å². The first kappa shape index (κ1) is 17.2. The molecule has 23 heavy (non-hydrogen) atoms. The van der Waals surface area contributed by atoms with E-state index in [0.29, 0.717) is 10.0 Å². The number of benzene rings is 1. The molecule has 1 unspecified atom stereocenters. The fourth-order valence-electron chi connectivity index (χ4n) is 1.99. The van der Waals surface area contributed by atoms with Crippen molar-refractivity contribution in [2.75, 3.05) is 7.05 Å².